The fraction of sp³-hybridized carbons (Fsp3) is 0.778. The molecule has 0 saturated carbocycles. The first-order valence-electron chi connectivity index (χ1n) is 12.7. The van der Waals surface area contributed by atoms with Gasteiger partial charge in [-0.25, -0.2) is 0 Å². The van der Waals surface area contributed by atoms with Gasteiger partial charge in [-0.15, -0.1) is 0 Å². The van der Waals surface area contributed by atoms with Crippen molar-refractivity contribution in [1.29, 1.82) is 0 Å². The van der Waals surface area contributed by atoms with Crippen LogP contribution in [-0.2, 0) is 11.4 Å². The summed E-state index contributed by atoms with van der Waals surface area (Å²) >= 11 is 0. The lowest BCUT2D eigenvalue weighted by molar-refractivity contribution is -1.12. The number of quaternary nitrogens is 1. The van der Waals surface area contributed by atoms with Crippen molar-refractivity contribution in [2.24, 2.45) is 0 Å². The molecule has 0 aliphatic heterocycles. The summed E-state index contributed by atoms with van der Waals surface area (Å²) < 4.78 is 0.740. The summed E-state index contributed by atoms with van der Waals surface area (Å²) in [6.07, 6.45) is 18.4. The summed E-state index contributed by atoms with van der Waals surface area (Å²) in [6.45, 7) is 12.1. The Bertz CT molecular complexity index is 469. The van der Waals surface area contributed by atoms with E-state index in [2.05, 4.69) is 58.0 Å². The predicted octanol–water partition coefficient (Wildman–Crippen LogP) is 8.45. The molecule has 0 amide bonds. The average molecular weight is 405 g/mol. The number of benzene rings is 1. The van der Waals surface area contributed by atoms with Crippen molar-refractivity contribution in [1.82, 2.24) is 0 Å². The van der Waals surface area contributed by atoms with Gasteiger partial charge in [-0.3, -0.25) is 0 Å². The molecule has 1 aromatic rings. The van der Waals surface area contributed by atoms with Gasteiger partial charge < -0.3 is 0 Å². The molecule has 0 saturated heterocycles. The zero-order valence-electron chi connectivity index (χ0n) is 20.1. The maximum absolute atomic E-state index is 6.58. The van der Waals surface area contributed by atoms with E-state index >= 15 is 0 Å². The van der Waals surface area contributed by atoms with Gasteiger partial charge in [0.25, 0.3) is 0 Å². The van der Waals surface area contributed by atoms with Gasteiger partial charge in [0.1, 0.15) is 25.7 Å². The summed E-state index contributed by atoms with van der Waals surface area (Å²) in [6, 6.07) is 10.8. The third-order valence-electron chi connectivity index (χ3n) is 6.33. The van der Waals surface area contributed by atoms with Crippen LogP contribution in [0.1, 0.15) is 117 Å². The smallest absolute Gasteiger partial charge is 0.134 e. The Morgan fingerprint density at radius 1 is 0.690 bits per heavy atom. The highest BCUT2D eigenvalue weighted by molar-refractivity contribution is 5.13. The van der Waals surface area contributed by atoms with E-state index < -0.39 is 0 Å². The number of unbranched alkanes of at least 4 members (excludes halogenated alkanes) is 11. The highest BCUT2D eigenvalue weighted by Crippen LogP contribution is 2.20. The molecule has 0 fully saturated rings. The lowest BCUT2D eigenvalue weighted by Crippen LogP contribution is -2.48. The van der Waals surface area contributed by atoms with Crippen molar-refractivity contribution in [3.05, 3.63) is 35.9 Å². The second kappa shape index (κ2) is 16.9. The van der Waals surface area contributed by atoms with E-state index in [0.29, 0.717) is 6.10 Å². The topological polar surface area (TPSA) is 9.23 Å². The number of rotatable bonds is 19. The SMILES string of the molecule is CCCCCCCCCCCCCCC(C)O[N+](CC)(CC)Cc1ccccc1. The van der Waals surface area contributed by atoms with Crippen LogP contribution in [0, 0.1) is 0 Å². The first-order valence-corrected chi connectivity index (χ1v) is 12.7. The standard InChI is InChI=1S/C27H50NO/c1-5-8-9-10-11-12-13-14-15-16-17-19-22-26(4)29-28(6-2,7-3)25-27-23-20-18-21-24-27/h18,20-21,23-24,26H,5-17,19,22,25H2,1-4H3/q+1. The summed E-state index contributed by atoms with van der Waals surface area (Å²) in [5, 5.41) is 0. The Hall–Kier alpha value is -0.860. The average Bonchev–Trinajstić information content (AvgIpc) is 2.74. The molecule has 0 aliphatic carbocycles. The van der Waals surface area contributed by atoms with Crippen LogP contribution in [0.2, 0.25) is 0 Å². The zero-order valence-corrected chi connectivity index (χ0v) is 20.1. The number of hydrogen-bond acceptors (Lipinski definition) is 1. The van der Waals surface area contributed by atoms with Gasteiger partial charge in [-0.2, -0.15) is 9.48 Å². The molecule has 1 atom stereocenters. The third-order valence-corrected chi connectivity index (χ3v) is 6.33. The number of hydrogen-bond donors (Lipinski definition) is 0. The number of nitrogens with zero attached hydrogens (tertiary/aromatic N) is 1. The fourth-order valence-electron chi connectivity index (χ4n) is 4.26. The van der Waals surface area contributed by atoms with Crippen molar-refractivity contribution in [3.63, 3.8) is 0 Å². The first kappa shape index (κ1) is 26.2. The van der Waals surface area contributed by atoms with Gasteiger partial charge in [-0.1, -0.05) is 114 Å². The van der Waals surface area contributed by atoms with Crippen LogP contribution < -0.4 is 0 Å². The zero-order chi connectivity index (χ0) is 21.2. The Kier molecular flexibility index (Phi) is 15.2. The lowest BCUT2D eigenvalue weighted by Gasteiger charge is -2.36. The van der Waals surface area contributed by atoms with E-state index in [0.717, 1.165) is 24.3 Å². The molecule has 1 aromatic carbocycles. The Balaban J connectivity index is 2.11. The lowest BCUT2D eigenvalue weighted by atomic mass is 10.0. The van der Waals surface area contributed by atoms with E-state index in [1.807, 2.05) is 0 Å². The van der Waals surface area contributed by atoms with Crippen LogP contribution >= 0.6 is 0 Å². The molecule has 0 heterocycles. The Morgan fingerprint density at radius 2 is 1.17 bits per heavy atom. The van der Waals surface area contributed by atoms with Crippen molar-refractivity contribution < 1.29 is 9.48 Å². The van der Waals surface area contributed by atoms with Gasteiger partial charge in [0.15, 0.2) is 0 Å². The summed E-state index contributed by atoms with van der Waals surface area (Å²) in [7, 11) is 0. The molecule has 1 unspecified atom stereocenters. The van der Waals surface area contributed by atoms with E-state index in [1.165, 1.54) is 89.0 Å². The number of hydroxylamine groups is 3. The van der Waals surface area contributed by atoms with Crippen molar-refractivity contribution >= 4 is 0 Å². The molecule has 2 nitrogen and oxygen atoms in total. The molecular formula is C27H50NO+. The molecule has 0 N–H and O–H groups in total. The van der Waals surface area contributed by atoms with Crippen LogP contribution in [-0.4, -0.2) is 23.8 Å². The summed E-state index contributed by atoms with van der Waals surface area (Å²) in [5.74, 6) is 0. The first-order chi connectivity index (χ1) is 14.2. The predicted molar refractivity (Wildman–Crippen MR) is 128 cm³/mol. The van der Waals surface area contributed by atoms with Crippen LogP contribution in [0.15, 0.2) is 30.3 Å². The highest BCUT2D eigenvalue weighted by atomic mass is 16.7. The van der Waals surface area contributed by atoms with Gasteiger partial charge in [0.2, 0.25) is 0 Å². The van der Waals surface area contributed by atoms with Crippen molar-refractivity contribution in [2.45, 2.75) is 124 Å². The molecule has 0 radical (unpaired) electrons. The maximum Gasteiger partial charge on any atom is 0.134 e. The summed E-state index contributed by atoms with van der Waals surface area (Å²) in [4.78, 5) is 6.58. The monoisotopic (exact) mass is 404 g/mol. The highest BCUT2D eigenvalue weighted by Gasteiger charge is 2.28. The minimum atomic E-state index is 0.335. The largest absolute Gasteiger partial charge is 0.200 e. The van der Waals surface area contributed by atoms with Crippen LogP contribution in [0.3, 0.4) is 0 Å². The molecule has 29 heavy (non-hydrogen) atoms. The molecular weight excluding hydrogens is 354 g/mol. The van der Waals surface area contributed by atoms with Crippen LogP contribution in [0.5, 0.6) is 0 Å². The van der Waals surface area contributed by atoms with Crippen LogP contribution in [0.25, 0.3) is 0 Å². The van der Waals surface area contributed by atoms with Gasteiger partial charge in [0.05, 0.1) is 0 Å². The molecule has 0 aliphatic rings. The van der Waals surface area contributed by atoms with E-state index in [4.69, 9.17) is 4.84 Å². The molecule has 0 bridgehead atoms. The van der Waals surface area contributed by atoms with E-state index in [-0.39, 0.29) is 0 Å². The molecule has 1 rings (SSSR count). The van der Waals surface area contributed by atoms with E-state index in [1.54, 1.807) is 0 Å². The Labute approximate surface area is 182 Å². The minimum absolute atomic E-state index is 0.335. The minimum Gasteiger partial charge on any atom is -0.200 e. The van der Waals surface area contributed by atoms with Gasteiger partial charge >= 0.3 is 0 Å². The van der Waals surface area contributed by atoms with Crippen molar-refractivity contribution in [3.8, 4) is 0 Å². The van der Waals surface area contributed by atoms with Crippen molar-refractivity contribution in [2.75, 3.05) is 13.1 Å². The molecule has 0 spiro atoms. The molecule has 2 heteroatoms. The Morgan fingerprint density at radius 3 is 1.66 bits per heavy atom. The maximum atomic E-state index is 6.58. The third kappa shape index (κ3) is 12.4. The van der Waals surface area contributed by atoms with E-state index in [9.17, 15) is 0 Å². The molecule has 168 valence electrons. The second-order valence-corrected chi connectivity index (χ2v) is 8.93. The quantitative estimate of drug-likeness (QED) is 0.128. The van der Waals surface area contributed by atoms with Gasteiger partial charge in [0, 0.05) is 5.56 Å². The van der Waals surface area contributed by atoms with Gasteiger partial charge in [-0.05, 0) is 27.2 Å². The summed E-state index contributed by atoms with van der Waals surface area (Å²) in [5.41, 5.74) is 1.37. The second-order valence-electron chi connectivity index (χ2n) is 8.93. The normalized spacial score (nSPS) is 13.0. The molecule has 0 aromatic heterocycles. The fourth-order valence-corrected chi connectivity index (χ4v) is 4.26. The van der Waals surface area contributed by atoms with Crippen LogP contribution in [0.4, 0.5) is 0 Å².